The normalized spacial score (nSPS) is 12.3. The Morgan fingerprint density at radius 1 is 1.14 bits per heavy atom. The summed E-state index contributed by atoms with van der Waals surface area (Å²) in [5.74, 6) is -0.496. The molecule has 0 saturated carbocycles. The lowest BCUT2D eigenvalue weighted by molar-refractivity contribution is -0.385. The Balaban J connectivity index is 1.76. The smallest absolute Gasteiger partial charge is 0.276 e. The molecule has 176 valence electrons. The maximum absolute atomic E-state index is 12.9. The molecular formula is C24H18ClN5O5. The second-order valence-corrected chi connectivity index (χ2v) is 7.96. The van der Waals surface area contributed by atoms with E-state index in [0.29, 0.717) is 16.1 Å². The van der Waals surface area contributed by atoms with Crippen LogP contribution < -0.4 is 11.0 Å². The zero-order valence-corrected chi connectivity index (χ0v) is 18.8. The van der Waals surface area contributed by atoms with Gasteiger partial charge in [0.1, 0.15) is 11.8 Å². The number of non-ortho nitro benzene ring substituents is 1. The summed E-state index contributed by atoms with van der Waals surface area (Å²) in [6.07, 6.45) is -1.60. The third-order valence-corrected chi connectivity index (χ3v) is 5.30. The van der Waals surface area contributed by atoms with Gasteiger partial charge in [0.2, 0.25) is 5.91 Å². The number of carbonyl (C=O) groups excluding carboxylic acids is 1. The average Bonchev–Trinajstić information content (AvgIpc) is 2.85. The van der Waals surface area contributed by atoms with Crippen LogP contribution in [0.1, 0.15) is 22.9 Å². The first-order valence-electron chi connectivity index (χ1n) is 10.3. The molecule has 35 heavy (non-hydrogen) atoms. The minimum Gasteiger partial charge on any atom is -0.382 e. The molecule has 0 bridgehead atoms. The Kier molecular flexibility index (Phi) is 6.95. The summed E-state index contributed by atoms with van der Waals surface area (Å²) in [5, 5.41) is 26.7. The van der Waals surface area contributed by atoms with Crippen molar-refractivity contribution in [1.29, 1.82) is 0 Å². The molecule has 0 saturated heterocycles. The van der Waals surface area contributed by atoms with Gasteiger partial charge in [-0.2, -0.15) is 5.10 Å². The number of aromatic nitrogens is 2. The topological polar surface area (TPSA) is 151 Å². The van der Waals surface area contributed by atoms with Gasteiger partial charge in [-0.1, -0.05) is 54.1 Å². The largest absolute Gasteiger partial charge is 0.382 e. The standard InChI is InChI=1S/C24H18ClN5O5/c25-16-9-10-18-19(13-16)27-24(33)22(26-18)21(23(32)15-7-4-8-17(12-15)30(34)35)29-28-20(31)11-14-5-2-1-3-6-14/h1-10,12-13,23,32H,11H2,(H,27,33)(H,28,31)/b29-21-. The van der Waals surface area contributed by atoms with Gasteiger partial charge in [-0.05, 0) is 29.3 Å². The average molecular weight is 492 g/mol. The van der Waals surface area contributed by atoms with Crippen molar-refractivity contribution in [3.8, 4) is 0 Å². The minimum atomic E-state index is -1.61. The molecule has 10 nitrogen and oxygen atoms in total. The van der Waals surface area contributed by atoms with E-state index in [1.807, 2.05) is 6.07 Å². The number of nitro benzene ring substituents is 1. The van der Waals surface area contributed by atoms with Gasteiger partial charge in [0, 0.05) is 17.2 Å². The van der Waals surface area contributed by atoms with Crippen molar-refractivity contribution < 1.29 is 14.8 Å². The van der Waals surface area contributed by atoms with Gasteiger partial charge in [0.05, 0.1) is 22.4 Å². The highest BCUT2D eigenvalue weighted by molar-refractivity contribution is 6.31. The third-order valence-electron chi connectivity index (χ3n) is 5.06. The van der Waals surface area contributed by atoms with Crippen LogP contribution >= 0.6 is 11.6 Å². The molecule has 3 aromatic carbocycles. The van der Waals surface area contributed by atoms with Crippen molar-refractivity contribution in [3.63, 3.8) is 0 Å². The van der Waals surface area contributed by atoms with Crippen molar-refractivity contribution in [2.75, 3.05) is 0 Å². The number of aromatic amines is 1. The molecule has 1 aromatic heterocycles. The lowest BCUT2D eigenvalue weighted by Gasteiger charge is -2.14. The van der Waals surface area contributed by atoms with E-state index in [2.05, 4.69) is 20.5 Å². The predicted molar refractivity (Wildman–Crippen MR) is 130 cm³/mol. The fourth-order valence-electron chi connectivity index (χ4n) is 3.39. The number of halogens is 1. The molecule has 0 radical (unpaired) electrons. The molecule has 1 heterocycles. The Morgan fingerprint density at radius 3 is 2.66 bits per heavy atom. The molecule has 3 N–H and O–H groups in total. The van der Waals surface area contributed by atoms with Crippen LogP contribution in [-0.4, -0.2) is 31.6 Å². The number of hydrogen-bond donors (Lipinski definition) is 3. The zero-order valence-electron chi connectivity index (χ0n) is 18.0. The Morgan fingerprint density at radius 2 is 1.91 bits per heavy atom. The van der Waals surface area contributed by atoms with Gasteiger partial charge in [-0.3, -0.25) is 19.7 Å². The van der Waals surface area contributed by atoms with Gasteiger partial charge in [-0.25, -0.2) is 10.4 Å². The number of H-pyrrole nitrogens is 1. The van der Waals surface area contributed by atoms with E-state index in [9.17, 15) is 24.8 Å². The first kappa shape index (κ1) is 23.7. The van der Waals surface area contributed by atoms with Gasteiger partial charge >= 0.3 is 0 Å². The minimum absolute atomic E-state index is 0.00449. The monoisotopic (exact) mass is 491 g/mol. The van der Waals surface area contributed by atoms with Gasteiger partial charge < -0.3 is 10.1 Å². The van der Waals surface area contributed by atoms with E-state index in [-0.39, 0.29) is 29.1 Å². The fraction of sp³-hybridized carbons (Fsp3) is 0.0833. The fourth-order valence-corrected chi connectivity index (χ4v) is 3.56. The molecule has 0 fully saturated rings. The van der Waals surface area contributed by atoms with E-state index in [1.165, 1.54) is 24.3 Å². The Hall–Kier alpha value is -4.41. The number of nitro groups is 1. The van der Waals surface area contributed by atoms with Crippen molar-refractivity contribution in [2.24, 2.45) is 5.10 Å². The SMILES string of the molecule is O=C(Cc1ccccc1)N/N=C(/c1nc2ccc(Cl)cc2[nH]c1=O)C(O)c1cccc([N+](=O)[O-])c1. The molecule has 1 unspecified atom stereocenters. The van der Waals surface area contributed by atoms with Crippen LogP contribution in [0, 0.1) is 10.1 Å². The summed E-state index contributed by atoms with van der Waals surface area (Å²) in [7, 11) is 0. The van der Waals surface area contributed by atoms with Gasteiger partial charge in [0.15, 0.2) is 5.69 Å². The first-order valence-corrected chi connectivity index (χ1v) is 10.7. The maximum Gasteiger partial charge on any atom is 0.276 e. The second-order valence-electron chi connectivity index (χ2n) is 7.53. The van der Waals surface area contributed by atoms with Crippen LogP contribution in [0.15, 0.2) is 82.7 Å². The van der Waals surface area contributed by atoms with Crippen molar-refractivity contribution >= 4 is 39.9 Å². The van der Waals surface area contributed by atoms with Crippen molar-refractivity contribution in [2.45, 2.75) is 12.5 Å². The predicted octanol–water partition coefficient (Wildman–Crippen LogP) is 3.28. The number of fused-ring (bicyclic) bond motifs is 1. The second kappa shape index (κ2) is 10.2. The van der Waals surface area contributed by atoms with E-state index in [1.54, 1.807) is 36.4 Å². The zero-order chi connectivity index (χ0) is 24.9. The van der Waals surface area contributed by atoms with E-state index in [4.69, 9.17) is 11.6 Å². The number of nitrogens with one attached hydrogen (secondary N) is 2. The lowest BCUT2D eigenvalue weighted by Crippen LogP contribution is -2.29. The van der Waals surface area contributed by atoms with Gasteiger partial charge in [-0.15, -0.1) is 0 Å². The number of hydrogen-bond acceptors (Lipinski definition) is 7. The van der Waals surface area contributed by atoms with E-state index < -0.39 is 22.5 Å². The molecular weight excluding hydrogens is 474 g/mol. The summed E-state index contributed by atoms with van der Waals surface area (Å²) in [5.41, 5.74) is 2.39. The first-order chi connectivity index (χ1) is 16.8. The highest BCUT2D eigenvalue weighted by atomic mass is 35.5. The van der Waals surface area contributed by atoms with Crippen LogP contribution in [0.5, 0.6) is 0 Å². The summed E-state index contributed by atoms with van der Waals surface area (Å²) in [4.78, 5) is 42.8. The number of nitrogens with zero attached hydrogens (tertiary/aromatic N) is 3. The summed E-state index contributed by atoms with van der Waals surface area (Å²) in [6.45, 7) is 0. The molecule has 4 rings (SSSR count). The van der Waals surface area contributed by atoms with E-state index in [0.717, 1.165) is 11.6 Å². The van der Waals surface area contributed by atoms with Crippen LogP contribution in [0.4, 0.5) is 5.69 Å². The highest BCUT2D eigenvalue weighted by Crippen LogP contribution is 2.23. The molecule has 4 aromatic rings. The Bertz CT molecular complexity index is 1500. The molecule has 0 spiro atoms. The lowest BCUT2D eigenvalue weighted by atomic mass is 10.0. The molecule has 0 aliphatic rings. The summed E-state index contributed by atoms with van der Waals surface area (Å²) >= 11 is 5.98. The number of benzene rings is 3. The molecule has 11 heteroatoms. The van der Waals surface area contributed by atoms with Crippen LogP contribution in [0.25, 0.3) is 11.0 Å². The molecule has 1 amide bonds. The number of aliphatic hydroxyl groups excluding tert-OH is 1. The highest BCUT2D eigenvalue weighted by Gasteiger charge is 2.24. The van der Waals surface area contributed by atoms with Crippen LogP contribution in [0.2, 0.25) is 5.02 Å². The van der Waals surface area contributed by atoms with Crippen LogP contribution in [0.3, 0.4) is 0 Å². The maximum atomic E-state index is 12.9. The summed E-state index contributed by atoms with van der Waals surface area (Å²) in [6, 6.07) is 18.8. The number of carbonyl (C=O) groups is 1. The Labute approximate surface area is 203 Å². The molecule has 1 atom stereocenters. The van der Waals surface area contributed by atoms with Crippen LogP contribution in [-0.2, 0) is 11.2 Å². The van der Waals surface area contributed by atoms with Crippen molar-refractivity contribution in [3.05, 3.63) is 115 Å². The summed E-state index contributed by atoms with van der Waals surface area (Å²) < 4.78 is 0. The number of amides is 1. The quantitative estimate of drug-likeness (QED) is 0.205. The number of rotatable bonds is 7. The van der Waals surface area contributed by atoms with Crippen molar-refractivity contribution in [1.82, 2.24) is 15.4 Å². The molecule has 0 aliphatic heterocycles. The third kappa shape index (κ3) is 5.57. The number of aliphatic hydroxyl groups is 1. The van der Waals surface area contributed by atoms with Gasteiger partial charge in [0.25, 0.3) is 11.2 Å². The molecule has 0 aliphatic carbocycles. The van der Waals surface area contributed by atoms with E-state index >= 15 is 0 Å². The number of hydrazone groups is 1.